The van der Waals surface area contributed by atoms with Gasteiger partial charge >= 0.3 is 0 Å². The molecule has 0 aromatic carbocycles. The molecular weight excluding hydrogens is 150 g/mol. The fourth-order valence-electron chi connectivity index (χ4n) is 1.08. The van der Waals surface area contributed by atoms with Crippen molar-refractivity contribution in [3.8, 4) is 0 Å². The van der Waals surface area contributed by atoms with Gasteiger partial charge in [0.25, 0.3) is 0 Å². The number of hydrogen-bond acceptors (Lipinski definition) is 5. The highest BCUT2D eigenvalue weighted by atomic mass is 16.5. The summed E-state index contributed by atoms with van der Waals surface area (Å²) >= 11 is 0. The highest BCUT2D eigenvalue weighted by Gasteiger charge is 2.39. The van der Waals surface area contributed by atoms with Gasteiger partial charge in [-0.15, -0.1) is 0 Å². The molecule has 66 valence electrons. The van der Waals surface area contributed by atoms with Crippen molar-refractivity contribution in [2.45, 2.75) is 37.6 Å². The third kappa shape index (κ3) is 1.52. The molecule has 1 aliphatic heterocycles. The second-order valence-corrected chi connectivity index (χ2v) is 2.78. The van der Waals surface area contributed by atoms with Crippen LogP contribution in [0.5, 0.6) is 0 Å². The van der Waals surface area contributed by atoms with Crippen molar-refractivity contribution in [3.05, 3.63) is 0 Å². The molecule has 0 aromatic rings. The van der Waals surface area contributed by atoms with Crippen LogP contribution in [-0.2, 0) is 4.74 Å². The summed E-state index contributed by atoms with van der Waals surface area (Å²) in [4.78, 5) is 0. The Morgan fingerprint density at radius 3 is 2.18 bits per heavy atom. The molecule has 0 radical (unpaired) electrons. The molecule has 0 bridgehead atoms. The Morgan fingerprint density at radius 2 is 1.64 bits per heavy atom. The molecule has 0 unspecified atom stereocenters. The van der Waals surface area contributed by atoms with Gasteiger partial charge in [-0.2, -0.15) is 0 Å². The van der Waals surface area contributed by atoms with Crippen molar-refractivity contribution in [1.82, 2.24) is 0 Å². The van der Waals surface area contributed by atoms with Crippen LogP contribution >= 0.6 is 0 Å². The number of nitrogens with two attached hydrogens (primary N) is 1. The number of aliphatic hydroxyl groups is 3. The molecular formula is C6H13NO4. The van der Waals surface area contributed by atoms with Crippen molar-refractivity contribution in [2.75, 3.05) is 0 Å². The van der Waals surface area contributed by atoms with E-state index in [2.05, 4.69) is 0 Å². The summed E-state index contributed by atoms with van der Waals surface area (Å²) in [5, 5.41) is 27.3. The van der Waals surface area contributed by atoms with Gasteiger partial charge in [-0.3, -0.25) is 0 Å². The normalized spacial score (nSPS) is 52.6. The Morgan fingerprint density at radius 1 is 1.09 bits per heavy atom. The van der Waals surface area contributed by atoms with Crippen LogP contribution in [0, 0.1) is 0 Å². The summed E-state index contributed by atoms with van der Waals surface area (Å²) in [5.41, 5.74) is 5.28. The number of rotatable bonds is 0. The van der Waals surface area contributed by atoms with Crippen molar-refractivity contribution in [1.29, 1.82) is 0 Å². The maximum absolute atomic E-state index is 9.14. The Hall–Kier alpha value is -0.200. The largest absolute Gasteiger partial charge is 0.388 e. The van der Waals surface area contributed by atoms with E-state index in [1.807, 2.05) is 0 Å². The maximum Gasteiger partial charge on any atom is 0.135 e. The summed E-state index contributed by atoms with van der Waals surface area (Å²) < 4.78 is 4.90. The predicted octanol–water partition coefficient (Wildman–Crippen LogP) is -2.23. The average Bonchev–Trinajstić information content (AvgIpc) is 1.97. The monoisotopic (exact) mass is 163 g/mol. The molecule has 1 saturated heterocycles. The minimum atomic E-state index is -1.21. The Balaban J connectivity index is 2.63. The molecule has 1 aliphatic rings. The van der Waals surface area contributed by atoms with Crippen molar-refractivity contribution < 1.29 is 20.1 Å². The zero-order valence-corrected chi connectivity index (χ0v) is 6.21. The van der Waals surface area contributed by atoms with Crippen LogP contribution in [0.25, 0.3) is 0 Å². The molecule has 0 aromatic heterocycles. The first-order chi connectivity index (χ1) is 5.04. The Labute approximate surface area is 64.4 Å². The molecule has 11 heavy (non-hydrogen) atoms. The molecule has 5 heteroatoms. The third-order valence-corrected chi connectivity index (χ3v) is 1.89. The van der Waals surface area contributed by atoms with Gasteiger partial charge in [-0.25, -0.2) is 0 Å². The minimum Gasteiger partial charge on any atom is -0.388 e. The van der Waals surface area contributed by atoms with E-state index in [9.17, 15) is 0 Å². The van der Waals surface area contributed by atoms with E-state index in [0.717, 1.165) is 0 Å². The van der Waals surface area contributed by atoms with Gasteiger partial charge in [0.15, 0.2) is 0 Å². The van der Waals surface area contributed by atoms with Crippen molar-refractivity contribution in [2.24, 2.45) is 5.73 Å². The Kier molecular flexibility index (Phi) is 2.46. The van der Waals surface area contributed by atoms with E-state index in [1.165, 1.54) is 0 Å². The number of hydrogen-bond donors (Lipinski definition) is 4. The molecule has 0 amide bonds. The van der Waals surface area contributed by atoms with Gasteiger partial charge in [0.2, 0.25) is 0 Å². The van der Waals surface area contributed by atoms with Crippen LogP contribution in [0.15, 0.2) is 0 Å². The molecule has 0 aliphatic carbocycles. The molecule has 1 heterocycles. The van der Waals surface area contributed by atoms with Crippen molar-refractivity contribution >= 4 is 0 Å². The van der Waals surface area contributed by atoms with Crippen LogP contribution in [0.4, 0.5) is 0 Å². The lowest BCUT2D eigenvalue weighted by molar-refractivity contribution is -0.215. The standard InChI is InChI=1S/C6H13NO4/c1-2-3(8)4(9)5(10)6(7)11-2/h2-6,8-10H,7H2,1H3/t2-,3-,4+,5+,6+/m1/s1. The zero-order valence-electron chi connectivity index (χ0n) is 6.21. The van der Waals surface area contributed by atoms with Gasteiger partial charge in [-0.1, -0.05) is 0 Å². The first-order valence-electron chi connectivity index (χ1n) is 3.49. The van der Waals surface area contributed by atoms with Gasteiger partial charge in [0, 0.05) is 0 Å². The molecule has 1 fully saturated rings. The first-order valence-corrected chi connectivity index (χ1v) is 3.49. The van der Waals surface area contributed by atoms with Crippen LogP contribution in [0.2, 0.25) is 0 Å². The highest BCUT2D eigenvalue weighted by molar-refractivity contribution is 4.87. The van der Waals surface area contributed by atoms with E-state index in [0.29, 0.717) is 0 Å². The minimum absolute atomic E-state index is 0.539. The quantitative estimate of drug-likeness (QED) is 0.324. The SMILES string of the molecule is C[C@H]1O[C@H](N)[C@@H](O)[C@@H](O)[C@@H]1O. The van der Waals surface area contributed by atoms with E-state index >= 15 is 0 Å². The summed E-state index contributed by atoms with van der Waals surface area (Å²) in [5.74, 6) is 0. The van der Waals surface area contributed by atoms with E-state index < -0.39 is 30.6 Å². The van der Waals surface area contributed by atoms with E-state index in [-0.39, 0.29) is 0 Å². The van der Waals surface area contributed by atoms with Crippen LogP contribution in [0.3, 0.4) is 0 Å². The van der Waals surface area contributed by atoms with E-state index in [1.54, 1.807) is 6.92 Å². The maximum atomic E-state index is 9.14. The lowest BCUT2D eigenvalue weighted by Gasteiger charge is -2.37. The Bertz CT molecular complexity index is 129. The molecule has 0 spiro atoms. The van der Waals surface area contributed by atoms with E-state index in [4.69, 9.17) is 25.8 Å². The second kappa shape index (κ2) is 3.04. The average molecular weight is 163 g/mol. The number of aliphatic hydroxyl groups excluding tert-OH is 3. The smallest absolute Gasteiger partial charge is 0.135 e. The molecule has 5 nitrogen and oxygen atoms in total. The molecule has 5 N–H and O–H groups in total. The summed E-state index contributed by atoms with van der Waals surface area (Å²) in [6.45, 7) is 1.58. The summed E-state index contributed by atoms with van der Waals surface area (Å²) in [6, 6.07) is 0. The topological polar surface area (TPSA) is 95.9 Å². The molecule has 0 saturated carbocycles. The van der Waals surface area contributed by atoms with Crippen LogP contribution in [-0.4, -0.2) is 46.0 Å². The van der Waals surface area contributed by atoms with Gasteiger partial charge in [0.1, 0.15) is 24.5 Å². The van der Waals surface area contributed by atoms with Gasteiger partial charge in [-0.05, 0) is 6.92 Å². The van der Waals surface area contributed by atoms with Crippen LogP contribution < -0.4 is 5.73 Å². The second-order valence-electron chi connectivity index (χ2n) is 2.78. The lowest BCUT2D eigenvalue weighted by atomic mass is 9.99. The molecule has 5 atom stereocenters. The fraction of sp³-hybridized carbons (Fsp3) is 1.00. The van der Waals surface area contributed by atoms with Gasteiger partial charge in [0.05, 0.1) is 6.10 Å². The fourth-order valence-corrected chi connectivity index (χ4v) is 1.08. The van der Waals surface area contributed by atoms with Crippen LogP contribution in [0.1, 0.15) is 6.92 Å². The number of ether oxygens (including phenoxy) is 1. The summed E-state index contributed by atoms with van der Waals surface area (Å²) in [7, 11) is 0. The summed E-state index contributed by atoms with van der Waals surface area (Å²) in [6.07, 6.45) is -4.94. The van der Waals surface area contributed by atoms with Gasteiger partial charge < -0.3 is 25.8 Å². The van der Waals surface area contributed by atoms with Crippen molar-refractivity contribution in [3.63, 3.8) is 0 Å². The lowest BCUT2D eigenvalue weighted by Crippen LogP contribution is -2.59. The first kappa shape index (κ1) is 8.89. The molecule has 1 rings (SSSR count). The predicted molar refractivity (Wildman–Crippen MR) is 36.5 cm³/mol. The highest BCUT2D eigenvalue weighted by Crippen LogP contribution is 2.17. The third-order valence-electron chi connectivity index (χ3n) is 1.89. The zero-order chi connectivity index (χ0) is 8.59.